The van der Waals surface area contributed by atoms with E-state index in [2.05, 4.69) is 15.9 Å². The fourth-order valence-electron chi connectivity index (χ4n) is 3.87. The number of rotatable bonds is 5. The SMILES string of the molecule is COc1cc(Br)cc(C=C2SC(=Nc3ccccc3)N(C3CCCC3)C2=O)c1OC. The maximum atomic E-state index is 13.4. The molecular formula is C23H23BrN2O3S. The minimum atomic E-state index is 0.00239. The third-order valence-corrected chi connectivity index (χ3v) is 6.71. The van der Waals surface area contributed by atoms with Crippen LogP contribution in [0.25, 0.3) is 6.08 Å². The van der Waals surface area contributed by atoms with Gasteiger partial charge >= 0.3 is 0 Å². The highest BCUT2D eigenvalue weighted by Gasteiger charge is 2.39. The van der Waals surface area contributed by atoms with E-state index in [0.29, 0.717) is 16.4 Å². The van der Waals surface area contributed by atoms with E-state index in [9.17, 15) is 4.79 Å². The predicted molar refractivity (Wildman–Crippen MR) is 125 cm³/mol. The molecule has 2 fully saturated rings. The molecule has 1 saturated carbocycles. The topological polar surface area (TPSA) is 51.1 Å². The number of hydrogen-bond acceptors (Lipinski definition) is 5. The van der Waals surface area contributed by atoms with Gasteiger partial charge in [-0.2, -0.15) is 0 Å². The first-order chi connectivity index (χ1) is 14.6. The number of amidine groups is 1. The molecule has 0 unspecified atom stereocenters. The number of methoxy groups -OCH3 is 2. The number of hydrogen-bond donors (Lipinski definition) is 0. The lowest BCUT2D eigenvalue weighted by Gasteiger charge is -2.22. The van der Waals surface area contributed by atoms with Gasteiger partial charge in [-0.1, -0.05) is 47.0 Å². The van der Waals surface area contributed by atoms with Crippen LogP contribution in [0.3, 0.4) is 0 Å². The Labute approximate surface area is 189 Å². The zero-order valence-electron chi connectivity index (χ0n) is 16.9. The molecule has 0 spiro atoms. The average Bonchev–Trinajstić information content (AvgIpc) is 3.37. The molecule has 1 aliphatic carbocycles. The molecule has 0 radical (unpaired) electrons. The minimum Gasteiger partial charge on any atom is -0.493 e. The minimum absolute atomic E-state index is 0.00239. The average molecular weight is 487 g/mol. The Kier molecular flexibility index (Phi) is 6.49. The van der Waals surface area contributed by atoms with E-state index in [1.54, 1.807) is 14.2 Å². The number of thioether (sulfide) groups is 1. The Bertz CT molecular complexity index is 1000. The van der Waals surface area contributed by atoms with Crippen LogP contribution >= 0.6 is 27.7 Å². The number of benzene rings is 2. The summed E-state index contributed by atoms with van der Waals surface area (Å²) in [5.74, 6) is 1.21. The molecule has 0 bridgehead atoms. The molecule has 156 valence electrons. The van der Waals surface area contributed by atoms with Crippen molar-refractivity contribution < 1.29 is 14.3 Å². The lowest BCUT2D eigenvalue weighted by atomic mass is 10.1. The second kappa shape index (κ2) is 9.27. The quantitative estimate of drug-likeness (QED) is 0.485. The number of aliphatic imine (C=N–C) groups is 1. The highest BCUT2D eigenvalue weighted by molar-refractivity contribution is 9.10. The number of carbonyl (C=O) groups is 1. The smallest absolute Gasteiger partial charge is 0.267 e. The van der Waals surface area contributed by atoms with Gasteiger partial charge in [0.15, 0.2) is 16.7 Å². The van der Waals surface area contributed by atoms with Crippen LogP contribution in [0.1, 0.15) is 31.2 Å². The van der Waals surface area contributed by atoms with Crippen molar-refractivity contribution in [1.29, 1.82) is 0 Å². The van der Waals surface area contributed by atoms with Crippen molar-refractivity contribution >= 4 is 50.5 Å². The third kappa shape index (κ3) is 4.27. The molecule has 1 heterocycles. The summed E-state index contributed by atoms with van der Waals surface area (Å²) in [4.78, 5) is 20.7. The first-order valence-corrected chi connectivity index (χ1v) is 11.5. The summed E-state index contributed by atoms with van der Waals surface area (Å²) in [6.45, 7) is 0. The molecule has 0 aromatic heterocycles. The molecule has 2 aromatic rings. The van der Waals surface area contributed by atoms with E-state index < -0.39 is 0 Å². The maximum Gasteiger partial charge on any atom is 0.267 e. The zero-order chi connectivity index (χ0) is 21.1. The Morgan fingerprint density at radius 2 is 1.87 bits per heavy atom. The molecule has 1 amide bonds. The van der Waals surface area contributed by atoms with Gasteiger partial charge in [0.25, 0.3) is 5.91 Å². The normalized spacial score (nSPS) is 19.8. The van der Waals surface area contributed by atoms with Crippen molar-refractivity contribution in [2.75, 3.05) is 14.2 Å². The monoisotopic (exact) mass is 486 g/mol. The van der Waals surface area contributed by atoms with Crippen LogP contribution in [0.4, 0.5) is 5.69 Å². The van der Waals surface area contributed by atoms with Crippen LogP contribution in [0.2, 0.25) is 0 Å². The van der Waals surface area contributed by atoms with Gasteiger partial charge in [-0.05, 0) is 54.9 Å². The maximum absolute atomic E-state index is 13.4. The molecule has 1 saturated heterocycles. The molecule has 2 aliphatic rings. The molecule has 7 heteroatoms. The van der Waals surface area contributed by atoms with Crippen LogP contribution in [-0.2, 0) is 4.79 Å². The summed E-state index contributed by atoms with van der Waals surface area (Å²) in [7, 11) is 3.20. The van der Waals surface area contributed by atoms with Crippen molar-refractivity contribution in [3.63, 3.8) is 0 Å². The number of halogens is 1. The number of para-hydroxylation sites is 1. The van der Waals surface area contributed by atoms with Crippen LogP contribution in [0.5, 0.6) is 11.5 Å². The van der Waals surface area contributed by atoms with Gasteiger partial charge in [0.05, 0.1) is 24.8 Å². The summed E-state index contributed by atoms with van der Waals surface area (Å²) >= 11 is 4.93. The lowest BCUT2D eigenvalue weighted by molar-refractivity contribution is -0.123. The fraction of sp³-hybridized carbons (Fsp3) is 0.304. The van der Waals surface area contributed by atoms with Gasteiger partial charge in [0.2, 0.25) is 0 Å². The summed E-state index contributed by atoms with van der Waals surface area (Å²) in [6.07, 6.45) is 6.19. The number of nitrogens with zero attached hydrogens (tertiary/aromatic N) is 2. The second-order valence-corrected chi connectivity index (χ2v) is 9.11. The third-order valence-electron chi connectivity index (χ3n) is 5.27. The van der Waals surface area contributed by atoms with E-state index in [-0.39, 0.29) is 11.9 Å². The summed E-state index contributed by atoms with van der Waals surface area (Å²) in [5.41, 5.74) is 1.63. The van der Waals surface area contributed by atoms with Gasteiger partial charge in [0, 0.05) is 16.1 Å². The number of ether oxygens (including phenoxy) is 2. The standard InChI is InChI=1S/C23H23BrN2O3S/c1-28-19-14-16(24)12-15(21(19)29-2)13-20-22(27)26(18-10-6-7-11-18)23(30-20)25-17-8-4-3-5-9-17/h3-5,8-9,12-14,18H,6-7,10-11H2,1-2H3. The van der Waals surface area contributed by atoms with E-state index in [4.69, 9.17) is 14.5 Å². The fourth-order valence-corrected chi connectivity index (χ4v) is 5.37. The zero-order valence-corrected chi connectivity index (χ0v) is 19.3. The Hall–Kier alpha value is -2.25. The molecule has 2 aromatic carbocycles. The molecular weight excluding hydrogens is 464 g/mol. The lowest BCUT2D eigenvalue weighted by Crippen LogP contribution is -2.37. The first-order valence-electron chi connectivity index (χ1n) is 9.89. The van der Waals surface area contributed by atoms with E-state index in [1.807, 2.05) is 53.4 Å². The predicted octanol–water partition coefficient (Wildman–Crippen LogP) is 6.01. The van der Waals surface area contributed by atoms with Gasteiger partial charge in [0.1, 0.15) is 0 Å². The van der Waals surface area contributed by atoms with Gasteiger partial charge in [-0.25, -0.2) is 4.99 Å². The van der Waals surface area contributed by atoms with Crippen LogP contribution < -0.4 is 9.47 Å². The van der Waals surface area contributed by atoms with Crippen LogP contribution in [0.15, 0.2) is 56.8 Å². The van der Waals surface area contributed by atoms with Crippen molar-refractivity contribution in [1.82, 2.24) is 4.90 Å². The summed E-state index contributed by atoms with van der Waals surface area (Å²) < 4.78 is 11.9. The van der Waals surface area contributed by atoms with E-state index in [0.717, 1.165) is 46.6 Å². The van der Waals surface area contributed by atoms with E-state index in [1.165, 1.54) is 11.8 Å². The van der Waals surface area contributed by atoms with Crippen molar-refractivity contribution in [2.24, 2.45) is 4.99 Å². The highest BCUT2D eigenvalue weighted by Crippen LogP contribution is 2.42. The highest BCUT2D eigenvalue weighted by atomic mass is 79.9. The summed E-state index contributed by atoms with van der Waals surface area (Å²) in [6, 6.07) is 13.8. The van der Waals surface area contributed by atoms with Gasteiger partial charge < -0.3 is 9.47 Å². The van der Waals surface area contributed by atoms with Crippen LogP contribution in [0, 0.1) is 0 Å². The van der Waals surface area contributed by atoms with Crippen LogP contribution in [-0.4, -0.2) is 36.2 Å². The Balaban J connectivity index is 1.76. The first kappa shape index (κ1) is 21.0. The number of amides is 1. The van der Waals surface area contributed by atoms with E-state index >= 15 is 0 Å². The number of carbonyl (C=O) groups excluding carboxylic acids is 1. The summed E-state index contributed by atoms with van der Waals surface area (Å²) in [5, 5.41) is 0.741. The largest absolute Gasteiger partial charge is 0.493 e. The van der Waals surface area contributed by atoms with Gasteiger partial charge in [-0.3, -0.25) is 9.69 Å². The molecule has 1 aliphatic heterocycles. The van der Waals surface area contributed by atoms with Gasteiger partial charge in [-0.15, -0.1) is 0 Å². The molecule has 0 atom stereocenters. The van der Waals surface area contributed by atoms with Crippen molar-refractivity contribution in [2.45, 2.75) is 31.7 Å². The second-order valence-electron chi connectivity index (χ2n) is 7.18. The molecule has 0 N–H and O–H groups in total. The Morgan fingerprint density at radius 3 is 2.53 bits per heavy atom. The molecule has 5 nitrogen and oxygen atoms in total. The van der Waals surface area contributed by atoms with Crippen molar-refractivity contribution in [3.8, 4) is 11.5 Å². The van der Waals surface area contributed by atoms with Crippen molar-refractivity contribution in [3.05, 3.63) is 57.4 Å². The molecule has 4 rings (SSSR count). The Morgan fingerprint density at radius 1 is 1.13 bits per heavy atom. The molecule has 30 heavy (non-hydrogen) atoms.